The minimum absolute atomic E-state index is 0.116. The SMILES string of the molecule is COc1nn(C)cc1C(=O)NC1[C@@H](C)[C@@H](OC)/C=C/[C@H](OC)[C@@H]2CC[C@H]2CN2Cc3ccc(Cl)cc3CCCCOc3ccc(cc32)C(=O)/N=[SH]\1=O. The highest BCUT2D eigenvalue weighted by atomic mass is 35.5. The average Bonchev–Trinajstić information content (AvgIpc) is 3.50. The van der Waals surface area contributed by atoms with Crippen molar-refractivity contribution in [3.8, 4) is 11.6 Å². The summed E-state index contributed by atoms with van der Waals surface area (Å²) in [6.45, 7) is 3.62. The van der Waals surface area contributed by atoms with Gasteiger partial charge in [0, 0.05) is 57.1 Å². The second-order valence-corrected chi connectivity index (χ2v) is 15.6. The van der Waals surface area contributed by atoms with E-state index in [-0.39, 0.29) is 34.9 Å². The molecule has 3 aromatic rings. The molecule has 0 spiro atoms. The summed E-state index contributed by atoms with van der Waals surface area (Å²) in [7, 11) is 3.66. The number of nitrogens with one attached hydrogen (secondary N) is 1. The van der Waals surface area contributed by atoms with Crippen molar-refractivity contribution in [2.75, 3.05) is 39.4 Å². The van der Waals surface area contributed by atoms with Gasteiger partial charge >= 0.3 is 0 Å². The number of rotatable bonds is 5. The van der Waals surface area contributed by atoms with Crippen molar-refractivity contribution >= 4 is 39.7 Å². The van der Waals surface area contributed by atoms with Crippen LogP contribution in [-0.4, -0.2) is 77.9 Å². The molecule has 1 saturated carbocycles. The van der Waals surface area contributed by atoms with Crippen LogP contribution >= 0.6 is 11.6 Å². The third-order valence-corrected chi connectivity index (χ3v) is 12.2. The fourth-order valence-corrected chi connectivity index (χ4v) is 8.85. The highest BCUT2D eigenvalue weighted by Crippen LogP contribution is 2.42. The zero-order valence-corrected chi connectivity index (χ0v) is 31.9. The van der Waals surface area contributed by atoms with E-state index in [0.29, 0.717) is 30.5 Å². The molecule has 1 N–H and O–H groups in total. The largest absolute Gasteiger partial charge is 0.491 e. The Morgan fingerprint density at radius 1 is 1.04 bits per heavy atom. The Hall–Kier alpha value is -3.91. The van der Waals surface area contributed by atoms with Crippen molar-refractivity contribution in [3.05, 3.63) is 82.0 Å². The Morgan fingerprint density at radius 2 is 1.83 bits per heavy atom. The first-order chi connectivity index (χ1) is 25.1. The van der Waals surface area contributed by atoms with E-state index in [4.69, 9.17) is 30.5 Å². The molecule has 2 aromatic carbocycles. The van der Waals surface area contributed by atoms with E-state index in [2.05, 4.69) is 25.7 Å². The number of carbonyl (C=O) groups is 2. The van der Waals surface area contributed by atoms with Crippen molar-refractivity contribution in [1.29, 1.82) is 0 Å². The summed E-state index contributed by atoms with van der Waals surface area (Å²) in [5, 5.41) is 6.66. The average molecular weight is 754 g/mol. The zero-order chi connectivity index (χ0) is 36.9. The Morgan fingerprint density at radius 3 is 2.56 bits per heavy atom. The van der Waals surface area contributed by atoms with Crippen LogP contribution < -0.4 is 19.7 Å². The topological polar surface area (TPSA) is 134 Å². The van der Waals surface area contributed by atoms with Gasteiger partial charge in [0.2, 0.25) is 5.88 Å². The summed E-state index contributed by atoms with van der Waals surface area (Å²) in [6, 6.07) is 11.3. The lowest BCUT2D eigenvalue weighted by Crippen LogP contribution is -2.45. The van der Waals surface area contributed by atoms with E-state index in [1.165, 1.54) is 23.6 Å². The second kappa shape index (κ2) is 16.8. The van der Waals surface area contributed by atoms with Crippen LogP contribution in [0.5, 0.6) is 11.6 Å². The van der Waals surface area contributed by atoms with Crippen molar-refractivity contribution in [2.45, 2.75) is 63.2 Å². The van der Waals surface area contributed by atoms with Gasteiger partial charge < -0.3 is 29.2 Å². The molecule has 6 rings (SSSR count). The first-order valence-electron chi connectivity index (χ1n) is 17.7. The number of ether oxygens (including phenoxy) is 4. The first-order valence-corrected chi connectivity index (χ1v) is 19.4. The van der Waals surface area contributed by atoms with Crippen molar-refractivity contribution < 1.29 is 32.7 Å². The number of aryl methyl sites for hydroxylation is 2. The molecule has 3 heterocycles. The third-order valence-electron chi connectivity index (χ3n) is 10.5. The summed E-state index contributed by atoms with van der Waals surface area (Å²) in [5.41, 5.74) is 3.55. The number of benzene rings is 2. The molecular weight excluding hydrogens is 706 g/mol. The molecule has 280 valence electrons. The summed E-state index contributed by atoms with van der Waals surface area (Å²) >= 11 is 6.46. The van der Waals surface area contributed by atoms with Gasteiger partial charge in [-0.05, 0) is 85.4 Å². The molecule has 2 bridgehead atoms. The van der Waals surface area contributed by atoms with E-state index in [0.717, 1.165) is 43.4 Å². The maximum Gasteiger partial charge on any atom is 0.285 e. The maximum atomic E-state index is 14.2. The fourth-order valence-electron chi connectivity index (χ4n) is 7.44. The highest BCUT2D eigenvalue weighted by Gasteiger charge is 2.39. The van der Waals surface area contributed by atoms with E-state index in [1.54, 1.807) is 39.5 Å². The lowest BCUT2D eigenvalue weighted by atomic mass is 9.70. The molecule has 7 atom stereocenters. The van der Waals surface area contributed by atoms with Crippen molar-refractivity contribution in [2.24, 2.45) is 29.2 Å². The monoisotopic (exact) mass is 753 g/mol. The minimum atomic E-state index is -2.70. The van der Waals surface area contributed by atoms with Crippen LogP contribution in [0, 0.1) is 17.8 Å². The number of carbonyl (C=O) groups excluding carboxylic acids is 2. The van der Waals surface area contributed by atoms with E-state index in [1.807, 2.05) is 31.2 Å². The number of thiol groups is 1. The van der Waals surface area contributed by atoms with E-state index >= 15 is 0 Å². The molecule has 0 radical (unpaired) electrons. The fraction of sp³-hybridized carbons (Fsp3) is 0.500. The predicted octanol–water partition coefficient (Wildman–Crippen LogP) is 5.63. The molecule has 2 unspecified atom stereocenters. The molecule has 52 heavy (non-hydrogen) atoms. The molecule has 3 aliphatic rings. The number of halogens is 1. The number of hydrogen-bond donors (Lipinski definition) is 2. The summed E-state index contributed by atoms with van der Waals surface area (Å²) < 4.78 is 43.5. The number of amides is 2. The standard InChI is InChI=1S/C38H48ClN5O7S/c1-23-32(48-3)15-16-33(49-4)29-13-10-27(29)21-44-20-26-9-12-28(39)18-24(26)8-6-7-17-51-34-14-11-25(19-31(34)44)35(45)42-52(47)38(23)40-36(46)30-22-43(2)41-37(30)50-5/h9,11-12,14-16,18-19,22-23,27,29,32-33,38,52H,6-8,10,13,17,20-21H2,1-5H3,(H,40,46)/b16-15+/t23-,27-,29+,32-,33-,38?/m0/s1. The van der Waals surface area contributed by atoms with Gasteiger partial charge in [0.05, 0.1) is 42.2 Å². The van der Waals surface area contributed by atoms with Crippen molar-refractivity contribution in [3.63, 3.8) is 0 Å². The lowest BCUT2D eigenvalue weighted by Gasteiger charge is -2.43. The van der Waals surface area contributed by atoms with Crippen LogP contribution in [0.3, 0.4) is 0 Å². The molecular formula is C38H48ClN5O7S. The summed E-state index contributed by atoms with van der Waals surface area (Å²) in [4.78, 5) is 29.8. The van der Waals surface area contributed by atoms with Crippen LogP contribution in [0.1, 0.15) is 64.4 Å². The molecule has 1 fully saturated rings. The minimum Gasteiger partial charge on any atom is -0.491 e. The number of nitrogens with zero attached hydrogens (tertiary/aromatic N) is 4. The summed E-state index contributed by atoms with van der Waals surface area (Å²) in [6.07, 6.45) is 9.31. The van der Waals surface area contributed by atoms with E-state index in [9.17, 15) is 13.8 Å². The van der Waals surface area contributed by atoms with Gasteiger partial charge in [-0.2, -0.15) is 4.36 Å². The van der Waals surface area contributed by atoms with Gasteiger partial charge in [-0.1, -0.05) is 36.7 Å². The van der Waals surface area contributed by atoms with Crippen molar-refractivity contribution in [1.82, 2.24) is 15.1 Å². The number of hydrogen-bond acceptors (Lipinski definition) is 9. The van der Waals surface area contributed by atoms with Crippen LogP contribution in [0.25, 0.3) is 0 Å². The Balaban J connectivity index is 1.45. The van der Waals surface area contributed by atoms with Crippen LogP contribution in [0.4, 0.5) is 5.69 Å². The van der Waals surface area contributed by atoms with Gasteiger partial charge in [-0.3, -0.25) is 18.5 Å². The quantitative estimate of drug-likeness (QED) is 0.252. The van der Waals surface area contributed by atoms with Gasteiger partial charge in [0.15, 0.2) is 0 Å². The predicted molar refractivity (Wildman–Crippen MR) is 201 cm³/mol. The van der Waals surface area contributed by atoms with Gasteiger partial charge in [0.1, 0.15) is 16.7 Å². The lowest BCUT2D eigenvalue weighted by molar-refractivity contribution is 0.0120. The van der Waals surface area contributed by atoms with Gasteiger partial charge in [-0.15, -0.1) is 5.10 Å². The van der Waals surface area contributed by atoms with E-state index < -0.39 is 39.8 Å². The Bertz CT molecular complexity index is 1890. The van der Waals surface area contributed by atoms with Crippen LogP contribution in [0.2, 0.25) is 5.02 Å². The molecule has 2 amide bonds. The second-order valence-electron chi connectivity index (χ2n) is 13.8. The molecule has 0 saturated heterocycles. The maximum absolute atomic E-state index is 14.2. The third kappa shape index (κ3) is 8.33. The van der Waals surface area contributed by atoms with Gasteiger partial charge in [0.25, 0.3) is 11.8 Å². The highest BCUT2D eigenvalue weighted by molar-refractivity contribution is 7.76. The number of anilines is 1. The number of methoxy groups -OCH3 is 3. The normalized spacial score (nSPS) is 27.7. The molecule has 1 aromatic heterocycles. The van der Waals surface area contributed by atoms with Crippen LogP contribution in [0.15, 0.2) is 59.1 Å². The van der Waals surface area contributed by atoms with Crippen LogP contribution in [-0.2, 0) is 40.1 Å². The first kappa shape index (κ1) is 37.8. The Kier molecular flexibility index (Phi) is 12.2. The Labute approximate surface area is 312 Å². The van der Waals surface area contributed by atoms with Gasteiger partial charge in [-0.25, -0.2) is 0 Å². The summed E-state index contributed by atoms with van der Waals surface area (Å²) in [5.74, 6) is -0.495. The molecule has 1 aliphatic carbocycles. The molecule has 14 heteroatoms. The number of fused-ring (bicyclic) bond motifs is 3. The molecule has 2 aliphatic heterocycles. The molecule has 12 nitrogen and oxygen atoms in total. The zero-order valence-electron chi connectivity index (χ0n) is 30.3. The number of aromatic nitrogens is 2. The smallest absolute Gasteiger partial charge is 0.285 e.